The topological polar surface area (TPSA) is 75.6 Å². The third kappa shape index (κ3) is 2.14. The van der Waals surface area contributed by atoms with E-state index in [-0.39, 0.29) is 0 Å². The van der Waals surface area contributed by atoms with Gasteiger partial charge in [0.1, 0.15) is 5.60 Å². The maximum Gasteiger partial charge on any atom is 0.408 e. The number of nitrogens with one attached hydrogen (secondary N) is 1. The lowest BCUT2D eigenvalue weighted by Gasteiger charge is -2.44. The van der Waals surface area contributed by atoms with Crippen LogP contribution in [0.3, 0.4) is 0 Å². The van der Waals surface area contributed by atoms with Gasteiger partial charge < -0.3 is 15.2 Å². The third-order valence-electron chi connectivity index (χ3n) is 5.26. The van der Waals surface area contributed by atoms with E-state index in [1.165, 1.54) is 0 Å². The molecule has 2 aliphatic rings. The predicted octanol–water partition coefficient (Wildman–Crippen LogP) is 3.10. The van der Waals surface area contributed by atoms with Gasteiger partial charge in [-0.1, -0.05) is 26.0 Å². The summed E-state index contributed by atoms with van der Waals surface area (Å²) in [6.07, 6.45) is 1.04. The number of hydrogen-bond donors (Lipinski definition) is 2. The molecule has 118 valence electrons. The summed E-state index contributed by atoms with van der Waals surface area (Å²) in [4.78, 5) is 23.9. The van der Waals surface area contributed by atoms with Crippen LogP contribution in [0.5, 0.6) is 0 Å². The van der Waals surface area contributed by atoms with Crippen LogP contribution in [-0.4, -0.2) is 28.3 Å². The van der Waals surface area contributed by atoms with E-state index in [0.717, 1.165) is 0 Å². The first-order valence-corrected chi connectivity index (χ1v) is 7.31. The molecule has 0 unspecified atom stereocenters. The van der Waals surface area contributed by atoms with Gasteiger partial charge in [-0.25, -0.2) is 4.79 Å². The van der Waals surface area contributed by atoms with E-state index >= 15 is 0 Å². The Morgan fingerprint density at radius 3 is 2.29 bits per heavy atom. The van der Waals surface area contributed by atoms with Gasteiger partial charge in [0.15, 0.2) is 0 Å². The van der Waals surface area contributed by atoms with Crippen LogP contribution in [0.4, 0.5) is 4.79 Å². The maximum atomic E-state index is 12.2. The molecule has 5 heteroatoms. The number of hydrogen-bond acceptors (Lipinski definition) is 3. The average Bonchev–Trinajstić information content (AvgIpc) is 2.73. The zero-order valence-electron chi connectivity index (χ0n) is 13.5. The summed E-state index contributed by atoms with van der Waals surface area (Å²) in [5.41, 5.74) is -1.86. The summed E-state index contributed by atoms with van der Waals surface area (Å²) >= 11 is 0. The van der Waals surface area contributed by atoms with Crippen molar-refractivity contribution < 1.29 is 19.4 Å². The maximum absolute atomic E-state index is 12.2. The molecular weight excluding hydrogens is 270 g/mol. The van der Waals surface area contributed by atoms with Crippen molar-refractivity contribution in [3.8, 4) is 0 Å². The molecule has 0 aromatic heterocycles. The van der Waals surface area contributed by atoms with Crippen molar-refractivity contribution in [1.82, 2.24) is 5.32 Å². The lowest BCUT2D eigenvalue weighted by Crippen LogP contribution is -2.56. The lowest BCUT2D eigenvalue weighted by atomic mass is 9.65. The quantitative estimate of drug-likeness (QED) is 0.768. The highest BCUT2D eigenvalue weighted by atomic mass is 16.6. The average molecular weight is 295 g/mol. The first kappa shape index (κ1) is 15.9. The Bertz CT molecular complexity index is 517. The molecule has 0 spiro atoms. The molecule has 2 N–H and O–H groups in total. The SMILES string of the molecule is C=C1C(C)(C)[C@]2(NC(=O)OC(C)(C)C)CC[C@]1(C(=O)O)C2. The fourth-order valence-electron chi connectivity index (χ4n) is 3.87. The monoisotopic (exact) mass is 295 g/mol. The third-order valence-corrected chi connectivity index (χ3v) is 5.26. The van der Waals surface area contributed by atoms with Gasteiger partial charge in [-0.3, -0.25) is 4.79 Å². The standard InChI is InChI=1S/C16H25NO4/c1-10-14(5,6)16(17-12(20)21-13(2,3)4)8-7-15(10,9-16)11(18)19/h1,7-9H2,2-6H3,(H,17,20)(H,18,19)/t15-,16-/m0/s1. The molecule has 0 heterocycles. The predicted molar refractivity (Wildman–Crippen MR) is 78.9 cm³/mol. The summed E-state index contributed by atoms with van der Waals surface area (Å²) in [7, 11) is 0. The Hall–Kier alpha value is -1.52. The molecule has 0 aromatic carbocycles. The molecular formula is C16H25NO4. The molecule has 0 radical (unpaired) electrons. The molecule has 0 aliphatic heterocycles. The number of carboxylic acid groups (broad SMARTS) is 1. The summed E-state index contributed by atoms with van der Waals surface area (Å²) < 4.78 is 5.34. The molecule has 21 heavy (non-hydrogen) atoms. The normalized spacial score (nSPS) is 33.9. The van der Waals surface area contributed by atoms with Crippen LogP contribution >= 0.6 is 0 Å². The fraction of sp³-hybridized carbons (Fsp3) is 0.750. The van der Waals surface area contributed by atoms with Gasteiger partial charge in [-0.2, -0.15) is 0 Å². The largest absolute Gasteiger partial charge is 0.481 e. The second-order valence-corrected chi connectivity index (χ2v) is 7.88. The molecule has 5 nitrogen and oxygen atoms in total. The van der Waals surface area contributed by atoms with Gasteiger partial charge in [-0.05, 0) is 40.0 Å². The highest BCUT2D eigenvalue weighted by Crippen LogP contribution is 2.67. The van der Waals surface area contributed by atoms with Gasteiger partial charge in [0, 0.05) is 5.41 Å². The lowest BCUT2D eigenvalue weighted by molar-refractivity contribution is -0.146. The minimum atomic E-state index is -0.918. The van der Waals surface area contributed by atoms with Crippen molar-refractivity contribution in [2.45, 2.75) is 65.0 Å². The van der Waals surface area contributed by atoms with Crippen LogP contribution in [0.15, 0.2) is 12.2 Å². The number of carbonyl (C=O) groups is 2. The van der Waals surface area contributed by atoms with Crippen molar-refractivity contribution in [2.75, 3.05) is 0 Å². The van der Waals surface area contributed by atoms with Crippen LogP contribution in [0, 0.1) is 10.8 Å². The number of amides is 1. The molecule has 2 aliphatic carbocycles. The molecule has 0 aromatic rings. The number of carbonyl (C=O) groups excluding carboxylic acids is 1. The van der Waals surface area contributed by atoms with E-state index in [2.05, 4.69) is 11.9 Å². The number of carboxylic acids is 1. The number of ether oxygens (including phenoxy) is 1. The van der Waals surface area contributed by atoms with E-state index in [0.29, 0.717) is 24.8 Å². The molecule has 1 amide bonds. The van der Waals surface area contributed by atoms with Crippen molar-refractivity contribution in [3.05, 3.63) is 12.2 Å². The van der Waals surface area contributed by atoms with E-state index in [1.807, 2.05) is 13.8 Å². The summed E-state index contributed by atoms with van der Waals surface area (Å²) in [6, 6.07) is 0. The molecule has 2 fully saturated rings. The van der Waals surface area contributed by atoms with Crippen molar-refractivity contribution >= 4 is 12.1 Å². The second-order valence-electron chi connectivity index (χ2n) is 7.88. The molecule has 2 rings (SSSR count). The number of alkyl carbamates (subject to hydrolysis) is 1. The smallest absolute Gasteiger partial charge is 0.408 e. The first-order valence-electron chi connectivity index (χ1n) is 7.31. The van der Waals surface area contributed by atoms with Gasteiger partial charge in [0.2, 0.25) is 0 Å². The van der Waals surface area contributed by atoms with Gasteiger partial charge >= 0.3 is 12.1 Å². The molecule has 2 atom stereocenters. The van der Waals surface area contributed by atoms with Crippen LogP contribution in [0.2, 0.25) is 0 Å². The minimum Gasteiger partial charge on any atom is -0.481 e. The van der Waals surface area contributed by atoms with Crippen LogP contribution in [0.25, 0.3) is 0 Å². The van der Waals surface area contributed by atoms with E-state index in [1.54, 1.807) is 20.8 Å². The van der Waals surface area contributed by atoms with E-state index in [9.17, 15) is 14.7 Å². The van der Waals surface area contributed by atoms with Crippen LogP contribution in [0.1, 0.15) is 53.9 Å². The summed E-state index contributed by atoms with van der Waals surface area (Å²) in [5.74, 6) is -0.842. The number of aliphatic carboxylic acids is 1. The second kappa shape index (κ2) is 4.24. The molecule has 0 saturated heterocycles. The van der Waals surface area contributed by atoms with E-state index in [4.69, 9.17) is 4.74 Å². The zero-order valence-corrected chi connectivity index (χ0v) is 13.5. The Morgan fingerprint density at radius 1 is 1.29 bits per heavy atom. The first-order chi connectivity index (χ1) is 9.36. The number of fused-ring (bicyclic) bond motifs is 2. The van der Waals surface area contributed by atoms with Gasteiger partial charge in [0.05, 0.1) is 11.0 Å². The Morgan fingerprint density at radius 2 is 1.86 bits per heavy atom. The Labute approximate surface area is 125 Å². The fourth-order valence-corrected chi connectivity index (χ4v) is 3.87. The van der Waals surface area contributed by atoms with Crippen molar-refractivity contribution in [1.29, 1.82) is 0 Å². The number of rotatable bonds is 2. The van der Waals surface area contributed by atoms with Crippen molar-refractivity contribution in [3.63, 3.8) is 0 Å². The van der Waals surface area contributed by atoms with Gasteiger partial charge in [0.25, 0.3) is 0 Å². The highest BCUT2D eigenvalue weighted by Gasteiger charge is 2.70. The highest BCUT2D eigenvalue weighted by molar-refractivity contribution is 5.82. The van der Waals surface area contributed by atoms with E-state index < -0.39 is 34.0 Å². The van der Waals surface area contributed by atoms with Crippen molar-refractivity contribution in [2.24, 2.45) is 10.8 Å². The molecule has 2 bridgehead atoms. The minimum absolute atomic E-state index is 0.389. The summed E-state index contributed by atoms with van der Waals surface area (Å²) in [6.45, 7) is 13.4. The Kier molecular flexibility index (Phi) is 3.20. The summed E-state index contributed by atoms with van der Waals surface area (Å²) in [5, 5.41) is 12.6. The van der Waals surface area contributed by atoms with Gasteiger partial charge in [-0.15, -0.1) is 0 Å². The zero-order chi connectivity index (χ0) is 16.3. The van der Waals surface area contributed by atoms with Crippen LogP contribution < -0.4 is 5.32 Å². The van der Waals surface area contributed by atoms with Crippen LogP contribution in [-0.2, 0) is 9.53 Å². The Balaban J connectivity index is 2.29. The molecule has 2 saturated carbocycles.